The Balaban J connectivity index is 1.77. The average Bonchev–Trinajstić information content (AvgIpc) is 2.95. The fourth-order valence-corrected chi connectivity index (χ4v) is 2.47. The number of pyridine rings is 1. The number of nitrogens with one attached hydrogen (secondary N) is 1. The van der Waals surface area contributed by atoms with Gasteiger partial charge in [-0.2, -0.15) is 0 Å². The number of nitro benzene ring substituents is 1. The minimum absolute atomic E-state index is 0.0352. The van der Waals surface area contributed by atoms with Crippen LogP contribution in [0.2, 0.25) is 0 Å². The summed E-state index contributed by atoms with van der Waals surface area (Å²) < 4.78 is 2.06. The van der Waals surface area contributed by atoms with Crippen molar-refractivity contribution in [3.8, 4) is 0 Å². The predicted octanol–water partition coefficient (Wildman–Crippen LogP) is 2.07. The van der Waals surface area contributed by atoms with Crippen molar-refractivity contribution in [1.29, 1.82) is 0 Å². The summed E-state index contributed by atoms with van der Waals surface area (Å²) in [5.74, 6) is 0.749. The Hall–Kier alpha value is -2.96. The van der Waals surface area contributed by atoms with Gasteiger partial charge in [0.25, 0.3) is 5.69 Å². The molecule has 23 heavy (non-hydrogen) atoms. The van der Waals surface area contributed by atoms with Crippen LogP contribution in [0.4, 0.5) is 11.4 Å². The molecule has 3 aromatic rings. The molecule has 0 aliphatic carbocycles. The maximum atomic E-state index is 11.0. The van der Waals surface area contributed by atoms with Crippen LogP contribution < -0.4 is 9.47 Å². The highest BCUT2D eigenvalue weighted by Crippen LogP contribution is 2.23. The Bertz CT molecular complexity index is 839. The molecule has 7 nitrogen and oxygen atoms in total. The molecule has 0 unspecified atom stereocenters. The first-order chi connectivity index (χ1) is 11.0. The molecule has 0 saturated carbocycles. The number of H-pyrrole nitrogens is 1. The highest BCUT2D eigenvalue weighted by atomic mass is 16.6. The van der Waals surface area contributed by atoms with Gasteiger partial charge in [0.15, 0.2) is 24.5 Å². The smallest absolute Gasteiger partial charge is 0.297 e. The van der Waals surface area contributed by atoms with E-state index in [0.29, 0.717) is 17.5 Å². The summed E-state index contributed by atoms with van der Waals surface area (Å²) in [5, 5.41) is 11.0. The second-order valence-electron chi connectivity index (χ2n) is 5.55. The van der Waals surface area contributed by atoms with E-state index in [1.165, 1.54) is 6.07 Å². The highest BCUT2D eigenvalue weighted by molar-refractivity contribution is 5.84. The number of para-hydroxylation sites is 1. The van der Waals surface area contributed by atoms with Crippen LogP contribution in [-0.2, 0) is 13.0 Å². The molecule has 1 N–H and O–H groups in total. The summed E-state index contributed by atoms with van der Waals surface area (Å²) in [5.41, 5.74) is 2.29. The predicted molar refractivity (Wildman–Crippen MR) is 87.4 cm³/mol. The molecule has 2 heterocycles. The van der Waals surface area contributed by atoms with Crippen molar-refractivity contribution in [1.82, 2.24) is 9.97 Å². The number of hydrogen-bond acceptors (Lipinski definition) is 4. The van der Waals surface area contributed by atoms with Gasteiger partial charge < -0.3 is 9.88 Å². The van der Waals surface area contributed by atoms with Crippen LogP contribution in [0.15, 0.2) is 42.7 Å². The number of nitrogens with zero attached hydrogens (tertiary/aromatic N) is 4. The van der Waals surface area contributed by atoms with Crippen molar-refractivity contribution >= 4 is 22.4 Å². The van der Waals surface area contributed by atoms with Gasteiger partial charge in [-0.3, -0.25) is 10.1 Å². The number of hydrogen-bond donors (Lipinski definition) is 1. The van der Waals surface area contributed by atoms with Crippen LogP contribution in [-0.4, -0.2) is 29.0 Å². The average molecular weight is 312 g/mol. The largest absolute Gasteiger partial charge is 0.377 e. The van der Waals surface area contributed by atoms with E-state index in [9.17, 15) is 10.1 Å². The number of aromatic amines is 1. The lowest BCUT2D eigenvalue weighted by Crippen LogP contribution is -2.34. The topological polar surface area (TPSA) is 78.9 Å². The lowest BCUT2D eigenvalue weighted by atomic mass is 10.3. The maximum absolute atomic E-state index is 11.0. The van der Waals surface area contributed by atoms with Crippen molar-refractivity contribution in [2.45, 2.75) is 13.0 Å². The van der Waals surface area contributed by atoms with E-state index in [0.717, 1.165) is 18.1 Å². The molecule has 0 aliphatic rings. The van der Waals surface area contributed by atoms with E-state index < -0.39 is 4.92 Å². The van der Waals surface area contributed by atoms with E-state index in [-0.39, 0.29) is 5.69 Å². The van der Waals surface area contributed by atoms with Crippen molar-refractivity contribution < 1.29 is 9.49 Å². The number of aromatic nitrogens is 3. The second-order valence-corrected chi connectivity index (χ2v) is 5.55. The lowest BCUT2D eigenvalue weighted by Gasteiger charge is -2.10. The lowest BCUT2D eigenvalue weighted by molar-refractivity contribution is -0.696. The number of nitro groups is 1. The van der Waals surface area contributed by atoms with E-state index in [4.69, 9.17) is 0 Å². The first-order valence-corrected chi connectivity index (χ1v) is 7.33. The Kier molecular flexibility index (Phi) is 3.92. The Morgan fingerprint density at radius 1 is 1.26 bits per heavy atom. The molecular weight excluding hydrogens is 294 g/mol. The molecule has 3 rings (SSSR count). The molecule has 0 aliphatic heterocycles. The molecular formula is C16H18N5O2+. The van der Waals surface area contributed by atoms with E-state index in [1.807, 2.05) is 43.5 Å². The third kappa shape index (κ3) is 3.13. The SMILES string of the molecule is CN(C)c1cc[n+](CCc2nc3c([N+](=O)[O-])cccc3[nH]2)cc1. The number of non-ortho nitro benzene ring substituents is 1. The third-order valence-electron chi connectivity index (χ3n) is 3.73. The van der Waals surface area contributed by atoms with Crippen LogP contribution in [0.1, 0.15) is 5.82 Å². The maximum Gasteiger partial charge on any atom is 0.297 e. The first kappa shape index (κ1) is 15.0. The summed E-state index contributed by atoms with van der Waals surface area (Å²) in [6.45, 7) is 0.751. The molecule has 0 saturated heterocycles. The normalized spacial score (nSPS) is 10.9. The zero-order valence-electron chi connectivity index (χ0n) is 13.1. The molecule has 0 atom stereocenters. The third-order valence-corrected chi connectivity index (χ3v) is 3.73. The van der Waals surface area contributed by atoms with Crippen LogP contribution in [0, 0.1) is 10.1 Å². The van der Waals surface area contributed by atoms with Gasteiger partial charge in [0.05, 0.1) is 16.9 Å². The van der Waals surface area contributed by atoms with Gasteiger partial charge in [-0.1, -0.05) is 6.07 Å². The number of benzene rings is 1. The zero-order valence-corrected chi connectivity index (χ0v) is 13.1. The molecule has 2 aromatic heterocycles. The van der Waals surface area contributed by atoms with Crippen LogP contribution in [0.5, 0.6) is 0 Å². The molecule has 0 bridgehead atoms. The minimum Gasteiger partial charge on any atom is -0.377 e. The Morgan fingerprint density at radius 2 is 2.00 bits per heavy atom. The Morgan fingerprint density at radius 3 is 2.65 bits per heavy atom. The minimum atomic E-state index is -0.401. The Labute approximate surface area is 133 Å². The molecule has 118 valence electrons. The molecule has 0 amide bonds. The van der Waals surface area contributed by atoms with Crippen molar-refractivity contribution in [2.24, 2.45) is 0 Å². The number of fused-ring (bicyclic) bond motifs is 1. The van der Waals surface area contributed by atoms with Crippen molar-refractivity contribution in [3.05, 3.63) is 58.7 Å². The van der Waals surface area contributed by atoms with Gasteiger partial charge in [0, 0.05) is 38.0 Å². The standard InChI is InChI=1S/C16H18N5O2/c1-19(2)12-6-9-20(10-7-12)11-8-15-17-13-4-3-5-14(21(22)23)16(13)18-15/h3-7,9-10H,8,11H2,1-2H3,(H,17,18)/q+1. The van der Waals surface area contributed by atoms with Crippen LogP contribution >= 0.6 is 0 Å². The van der Waals surface area contributed by atoms with Gasteiger partial charge in [0.2, 0.25) is 0 Å². The molecule has 0 fully saturated rings. The summed E-state index contributed by atoms with van der Waals surface area (Å²) in [6.07, 6.45) is 4.71. The van der Waals surface area contributed by atoms with Crippen molar-refractivity contribution in [2.75, 3.05) is 19.0 Å². The summed E-state index contributed by atoms with van der Waals surface area (Å²) in [7, 11) is 4.00. The number of anilines is 1. The molecule has 7 heteroatoms. The molecule has 1 aromatic carbocycles. The van der Waals surface area contributed by atoms with Gasteiger partial charge in [-0.25, -0.2) is 9.55 Å². The number of aryl methyl sites for hydroxylation is 2. The zero-order chi connectivity index (χ0) is 16.4. The van der Waals surface area contributed by atoms with E-state index in [1.54, 1.807) is 12.1 Å². The van der Waals surface area contributed by atoms with Crippen LogP contribution in [0.3, 0.4) is 0 Å². The quantitative estimate of drug-likeness (QED) is 0.444. The van der Waals surface area contributed by atoms with Gasteiger partial charge in [-0.15, -0.1) is 0 Å². The van der Waals surface area contributed by atoms with Gasteiger partial charge in [-0.05, 0) is 6.07 Å². The van der Waals surface area contributed by atoms with E-state index >= 15 is 0 Å². The monoisotopic (exact) mass is 312 g/mol. The van der Waals surface area contributed by atoms with Crippen molar-refractivity contribution in [3.63, 3.8) is 0 Å². The van der Waals surface area contributed by atoms with Gasteiger partial charge in [0.1, 0.15) is 5.82 Å². The molecule has 0 radical (unpaired) electrons. The highest BCUT2D eigenvalue weighted by Gasteiger charge is 2.16. The van der Waals surface area contributed by atoms with Crippen LogP contribution in [0.25, 0.3) is 11.0 Å². The van der Waals surface area contributed by atoms with E-state index in [2.05, 4.69) is 14.5 Å². The fourth-order valence-electron chi connectivity index (χ4n) is 2.47. The summed E-state index contributed by atoms with van der Waals surface area (Å²) in [6, 6.07) is 9.03. The number of imidazole rings is 1. The summed E-state index contributed by atoms with van der Waals surface area (Å²) in [4.78, 5) is 20.2. The molecule has 0 spiro atoms. The second kappa shape index (κ2) is 6.04. The first-order valence-electron chi connectivity index (χ1n) is 7.33. The number of rotatable bonds is 5. The van der Waals surface area contributed by atoms with Gasteiger partial charge >= 0.3 is 0 Å². The fraction of sp³-hybridized carbons (Fsp3) is 0.250. The summed E-state index contributed by atoms with van der Waals surface area (Å²) >= 11 is 0.